The van der Waals surface area contributed by atoms with Gasteiger partial charge in [0.2, 0.25) is 0 Å². The second-order valence-corrected chi connectivity index (χ2v) is 6.81. The molecular formula is C20H18F6N2O. The van der Waals surface area contributed by atoms with Crippen molar-refractivity contribution in [1.82, 2.24) is 0 Å². The number of nitrogens with zero attached hydrogens (tertiary/aromatic N) is 1. The van der Waals surface area contributed by atoms with E-state index in [4.69, 9.17) is 0 Å². The molecule has 9 heteroatoms. The van der Waals surface area contributed by atoms with Crippen molar-refractivity contribution in [2.45, 2.75) is 31.6 Å². The van der Waals surface area contributed by atoms with Crippen molar-refractivity contribution in [3.63, 3.8) is 0 Å². The Balaban J connectivity index is 1.94. The van der Waals surface area contributed by atoms with E-state index in [1.807, 2.05) is 4.90 Å². The number of hydrogen-bond acceptors (Lipinski definition) is 2. The maximum absolute atomic E-state index is 13.1. The minimum absolute atomic E-state index is 0.0795. The van der Waals surface area contributed by atoms with Crippen molar-refractivity contribution >= 4 is 17.3 Å². The number of amides is 1. The Morgan fingerprint density at radius 3 is 2.07 bits per heavy atom. The molecule has 1 aliphatic heterocycles. The molecular weight excluding hydrogens is 398 g/mol. The van der Waals surface area contributed by atoms with Gasteiger partial charge >= 0.3 is 12.4 Å². The Morgan fingerprint density at radius 1 is 0.828 bits per heavy atom. The fourth-order valence-electron chi connectivity index (χ4n) is 3.25. The van der Waals surface area contributed by atoms with E-state index in [0.29, 0.717) is 24.8 Å². The average molecular weight is 416 g/mol. The Bertz CT molecular complexity index is 885. The highest BCUT2D eigenvalue weighted by atomic mass is 19.4. The predicted octanol–water partition coefficient (Wildman–Crippen LogP) is 5.97. The largest absolute Gasteiger partial charge is 0.416 e. The summed E-state index contributed by atoms with van der Waals surface area (Å²) in [6.07, 6.45) is -6.52. The van der Waals surface area contributed by atoms with E-state index in [1.54, 1.807) is 0 Å². The van der Waals surface area contributed by atoms with Crippen LogP contribution in [-0.2, 0) is 12.4 Å². The Labute approximate surface area is 163 Å². The highest BCUT2D eigenvalue weighted by Crippen LogP contribution is 2.37. The number of carbonyl (C=O) groups excluding carboxylic acids is 1. The third-order valence-electron chi connectivity index (χ3n) is 4.72. The number of hydrogen-bond donors (Lipinski definition) is 1. The van der Waals surface area contributed by atoms with Gasteiger partial charge in [-0.15, -0.1) is 0 Å². The highest BCUT2D eigenvalue weighted by molar-refractivity contribution is 6.06. The fourth-order valence-corrected chi connectivity index (χ4v) is 3.25. The van der Waals surface area contributed by atoms with Crippen LogP contribution in [-0.4, -0.2) is 19.0 Å². The lowest BCUT2D eigenvalue weighted by molar-refractivity contribution is -0.138. The Morgan fingerprint density at radius 2 is 1.45 bits per heavy atom. The SMILES string of the molecule is O=C(Nc1cc(C(F)(F)F)ccc1N1CCCCC1)c1cccc(C(F)(F)F)c1. The minimum atomic E-state index is -4.63. The van der Waals surface area contributed by atoms with Crippen LogP contribution in [0.5, 0.6) is 0 Å². The van der Waals surface area contributed by atoms with Gasteiger partial charge in [-0.25, -0.2) is 0 Å². The van der Waals surface area contributed by atoms with Crippen LogP contribution in [0.1, 0.15) is 40.7 Å². The first-order valence-electron chi connectivity index (χ1n) is 9.00. The summed E-state index contributed by atoms with van der Waals surface area (Å²) in [4.78, 5) is 14.4. The number of piperidine rings is 1. The van der Waals surface area contributed by atoms with Gasteiger partial charge in [0, 0.05) is 18.7 Å². The molecule has 0 radical (unpaired) electrons. The fraction of sp³-hybridized carbons (Fsp3) is 0.350. The highest BCUT2D eigenvalue weighted by Gasteiger charge is 2.33. The lowest BCUT2D eigenvalue weighted by atomic mass is 10.1. The summed E-state index contributed by atoms with van der Waals surface area (Å²) in [6.45, 7) is 1.25. The molecule has 3 rings (SSSR count). The molecule has 0 spiro atoms. The maximum atomic E-state index is 13.1. The molecule has 1 fully saturated rings. The van der Waals surface area contributed by atoms with Crippen molar-refractivity contribution in [2.75, 3.05) is 23.3 Å². The number of anilines is 2. The van der Waals surface area contributed by atoms with Crippen LogP contribution in [0.15, 0.2) is 42.5 Å². The van der Waals surface area contributed by atoms with Crippen LogP contribution in [0, 0.1) is 0 Å². The van der Waals surface area contributed by atoms with Crippen LogP contribution >= 0.6 is 0 Å². The number of carbonyl (C=O) groups is 1. The summed E-state index contributed by atoms with van der Waals surface area (Å²) in [5.41, 5.74) is -1.91. The Kier molecular flexibility index (Phi) is 5.77. The van der Waals surface area contributed by atoms with E-state index in [0.717, 1.165) is 43.5 Å². The first-order valence-corrected chi connectivity index (χ1v) is 9.00. The molecule has 1 N–H and O–H groups in total. The zero-order chi connectivity index (χ0) is 21.2. The van der Waals surface area contributed by atoms with Crippen molar-refractivity contribution in [3.05, 3.63) is 59.2 Å². The summed E-state index contributed by atoms with van der Waals surface area (Å²) >= 11 is 0. The second kappa shape index (κ2) is 7.96. The first kappa shape index (κ1) is 21.0. The molecule has 29 heavy (non-hydrogen) atoms. The molecule has 0 bridgehead atoms. The second-order valence-electron chi connectivity index (χ2n) is 6.81. The summed E-state index contributed by atoms with van der Waals surface area (Å²) in [5.74, 6) is -0.909. The summed E-state index contributed by atoms with van der Waals surface area (Å²) in [7, 11) is 0. The lowest BCUT2D eigenvalue weighted by Crippen LogP contribution is -2.30. The number of rotatable bonds is 3. The molecule has 0 saturated carbocycles. The predicted molar refractivity (Wildman–Crippen MR) is 96.9 cm³/mol. The standard InChI is InChI=1S/C20H18F6N2O/c21-19(22,23)14-6-4-5-13(11-14)18(29)27-16-12-15(20(24,25)26)7-8-17(16)28-9-2-1-3-10-28/h4-8,11-12H,1-3,9-10H2,(H,27,29). The number of nitrogens with one attached hydrogen (secondary N) is 1. The van der Waals surface area contributed by atoms with E-state index >= 15 is 0 Å². The van der Waals surface area contributed by atoms with Crippen LogP contribution in [0.2, 0.25) is 0 Å². The van der Waals surface area contributed by atoms with Gasteiger partial charge in [-0.2, -0.15) is 26.3 Å². The van der Waals surface area contributed by atoms with E-state index in [2.05, 4.69) is 5.32 Å². The van der Waals surface area contributed by atoms with Crippen LogP contribution < -0.4 is 10.2 Å². The molecule has 0 aromatic heterocycles. The van der Waals surface area contributed by atoms with Gasteiger partial charge in [0.1, 0.15) is 0 Å². The van der Waals surface area contributed by atoms with Crippen molar-refractivity contribution in [2.24, 2.45) is 0 Å². The van der Waals surface area contributed by atoms with E-state index in [1.165, 1.54) is 12.1 Å². The molecule has 0 aliphatic carbocycles. The first-order chi connectivity index (χ1) is 13.6. The van der Waals surface area contributed by atoms with E-state index in [-0.39, 0.29) is 11.3 Å². The molecule has 0 unspecified atom stereocenters. The normalized spacial score (nSPS) is 15.3. The van der Waals surface area contributed by atoms with Crippen LogP contribution in [0.3, 0.4) is 0 Å². The lowest BCUT2D eigenvalue weighted by Gasteiger charge is -2.31. The quantitative estimate of drug-likeness (QED) is 0.626. The molecule has 156 valence electrons. The zero-order valence-electron chi connectivity index (χ0n) is 15.2. The van der Waals surface area contributed by atoms with Gasteiger partial charge in [-0.3, -0.25) is 4.79 Å². The molecule has 2 aromatic carbocycles. The topological polar surface area (TPSA) is 32.3 Å². The Hall–Kier alpha value is -2.71. The third kappa shape index (κ3) is 5.02. The summed E-state index contributed by atoms with van der Waals surface area (Å²) < 4.78 is 78.1. The monoisotopic (exact) mass is 416 g/mol. The molecule has 1 heterocycles. The molecule has 1 amide bonds. The maximum Gasteiger partial charge on any atom is 0.416 e. The van der Waals surface area contributed by atoms with Gasteiger partial charge in [-0.1, -0.05) is 6.07 Å². The van der Waals surface area contributed by atoms with Crippen molar-refractivity contribution in [3.8, 4) is 0 Å². The number of halogens is 6. The smallest absolute Gasteiger partial charge is 0.370 e. The molecule has 0 atom stereocenters. The minimum Gasteiger partial charge on any atom is -0.370 e. The van der Waals surface area contributed by atoms with Gasteiger partial charge in [-0.05, 0) is 55.7 Å². The van der Waals surface area contributed by atoms with Gasteiger partial charge in [0.15, 0.2) is 0 Å². The summed E-state index contributed by atoms with van der Waals surface area (Å²) in [6, 6.07) is 6.78. The van der Waals surface area contributed by atoms with Gasteiger partial charge in [0.25, 0.3) is 5.91 Å². The third-order valence-corrected chi connectivity index (χ3v) is 4.72. The van der Waals surface area contributed by atoms with E-state index < -0.39 is 29.4 Å². The molecule has 2 aromatic rings. The van der Waals surface area contributed by atoms with Crippen molar-refractivity contribution in [1.29, 1.82) is 0 Å². The van der Waals surface area contributed by atoms with E-state index in [9.17, 15) is 31.1 Å². The van der Waals surface area contributed by atoms with Gasteiger partial charge < -0.3 is 10.2 Å². The number of benzene rings is 2. The van der Waals surface area contributed by atoms with Crippen LogP contribution in [0.25, 0.3) is 0 Å². The average Bonchev–Trinajstić information content (AvgIpc) is 2.67. The molecule has 1 aliphatic rings. The zero-order valence-corrected chi connectivity index (χ0v) is 15.2. The molecule has 3 nitrogen and oxygen atoms in total. The van der Waals surface area contributed by atoms with Gasteiger partial charge in [0.05, 0.1) is 22.5 Å². The molecule has 1 saturated heterocycles. The van der Waals surface area contributed by atoms with Crippen LogP contribution in [0.4, 0.5) is 37.7 Å². The number of alkyl halides is 6. The summed E-state index contributed by atoms with van der Waals surface area (Å²) in [5, 5.41) is 2.37. The van der Waals surface area contributed by atoms with Crippen molar-refractivity contribution < 1.29 is 31.1 Å².